The molecule has 2 rings (SSSR count). The molecule has 1 heterocycles. The van der Waals surface area contributed by atoms with E-state index < -0.39 is 11.4 Å². The van der Waals surface area contributed by atoms with Gasteiger partial charge in [-0.3, -0.25) is 4.79 Å². The minimum Gasteiger partial charge on any atom is -0.481 e. The minimum atomic E-state index is -0.874. The number of anilines is 1. The molecule has 1 atom stereocenters. The summed E-state index contributed by atoms with van der Waals surface area (Å²) in [6.45, 7) is 2.47. The van der Waals surface area contributed by atoms with Crippen molar-refractivity contribution in [2.45, 2.75) is 19.8 Å². The van der Waals surface area contributed by atoms with Crippen LogP contribution >= 0.6 is 31.9 Å². The number of para-hydroxylation sites is 1. The highest BCUT2D eigenvalue weighted by atomic mass is 79.9. The standard InChI is InChI=1S/C14H16Br2N2O3/c1-14(12(19)20)6-3-7-18(8-14)13(21)17-11-9(15)4-2-5-10(11)16/h2,4-5H,3,6-8H2,1H3,(H,17,21)(H,19,20). The molecule has 1 fully saturated rings. The number of hydrogen-bond acceptors (Lipinski definition) is 2. The first-order chi connectivity index (χ1) is 9.83. The molecule has 2 amide bonds. The normalized spacial score (nSPS) is 22.0. The number of nitrogens with one attached hydrogen (secondary N) is 1. The topological polar surface area (TPSA) is 69.6 Å². The summed E-state index contributed by atoms with van der Waals surface area (Å²) in [7, 11) is 0. The molecule has 0 bridgehead atoms. The summed E-state index contributed by atoms with van der Waals surface area (Å²) in [4.78, 5) is 25.3. The Bertz CT molecular complexity index is 559. The van der Waals surface area contributed by atoms with Gasteiger partial charge >= 0.3 is 12.0 Å². The first kappa shape index (κ1) is 16.3. The Labute approximate surface area is 140 Å². The van der Waals surface area contributed by atoms with Crippen molar-refractivity contribution in [2.75, 3.05) is 18.4 Å². The van der Waals surface area contributed by atoms with Gasteiger partial charge < -0.3 is 15.3 Å². The lowest BCUT2D eigenvalue weighted by molar-refractivity contribution is -0.150. The zero-order valence-corrected chi connectivity index (χ0v) is 14.7. The van der Waals surface area contributed by atoms with Gasteiger partial charge in [-0.15, -0.1) is 0 Å². The van der Waals surface area contributed by atoms with Crippen LogP contribution in [0.5, 0.6) is 0 Å². The number of halogens is 2. The van der Waals surface area contributed by atoms with Gasteiger partial charge in [0.25, 0.3) is 0 Å². The lowest BCUT2D eigenvalue weighted by Gasteiger charge is -2.37. The summed E-state index contributed by atoms with van der Waals surface area (Å²) in [5.41, 5.74) is -0.231. The van der Waals surface area contributed by atoms with Crippen LogP contribution in [0, 0.1) is 5.41 Å². The summed E-state index contributed by atoms with van der Waals surface area (Å²) in [6.07, 6.45) is 1.28. The number of piperidine rings is 1. The van der Waals surface area contributed by atoms with Crippen LogP contribution in [0.1, 0.15) is 19.8 Å². The number of rotatable bonds is 2. The van der Waals surface area contributed by atoms with Crippen molar-refractivity contribution in [1.29, 1.82) is 0 Å². The smallest absolute Gasteiger partial charge is 0.321 e. The van der Waals surface area contributed by atoms with Crippen molar-refractivity contribution < 1.29 is 14.7 Å². The largest absolute Gasteiger partial charge is 0.481 e. The highest BCUT2D eigenvalue weighted by Crippen LogP contribution is 2.33. The third-order valence-electron chi connectivity index (χ3n) is 3.69. The van der Waals surface area contributed by atoms with Crippen LogP contribution in [-0.2, 0) is 4.79 Å². The molecule has 1 saturated heterocycles. The van der Waals surface area contributed by atoms with Gasteiger partial charge in [0, 0.05) is 22.0 Å². The van der Waals surface area contributed by atoms with Crippen molar-refractivity contribution in [2.24, 2.45) is 5.41 Å². The molecule has 0 radical (unpaired) electrons. The number of carboxylic acids is 1. The molecule has 7 heteroatoms. The number of nitrogens with zero attached hydrogens (tertiary/aromatic N) is 1. The number of carbonyl (C=O) groups is 2. The Kier molecular flexibility index (Phi) is 4.93. The van der Waals surface area contributed by atoms with E-state index in [0.717, 1.165) is 8.95 Å². The van der Waals surface area contributed by atoms with E-state index in [0.29, 0.717) is 25.1 Å². The van der Waals surface area contributed by atoms with E-state index in [4.69, 9.17) is 0 Å². The van der Waals surface area contributed by atoms with Crippen LogP contribution in [-0.4, -0.2) is 35.1 Å². The number of hydrogen-bond donors (Lipinski definition) is 2. The minimum absolute atomic E-state index is 0.218. The van der Waals surface area contributed by atoms with Gasteiger partial charge in [-0.2, -0.15) is 0 Å². The van der Waals surface area contributed by atoms with Crippen LogP contribution < -0.4 is 5.32 Å². The SMILES string of the molecule is CC1(C(=O)O)CCCN(C(=O)Nc2c(Br)cccc2Br)C1. The molecule has 5 nitrogen and oxygen atoms in total. The molecule has 1 aromatic carbocycles. The van der Waals surface area contributed by atoms with E-state index in [-0.39, 0.29) is 12.6 Å². The van der Waals surface area contributed by atoms with Crippen LogP contribution in [0.2, 0.25) is 0 Å². The number of benzene rings is 1. The molecule has 0 aliphatic carbocycles. The zero-order valence-electron chi connectivity index (χ0n) is 11.5. The molecule has 2 N–H and O–H groups in total. The van der Waals surface area contributed by atoms with Crippen LogP contribution in [0.15, 0.2) is 27.1 Å². The third kappa shape index (κ3) is 3.58. The van der Waals surface area contributed by atoms with Crippen LogP contribution in [0.25, 0.3) is 0 Å². The Morgan fingerprint density at radius 3 is 2.52 bits per heavy atom. The number of likely N-dealkylation sites (tertiary alicyclic amines) is 1. The first-order valence-electron chi connectivity index (χ1n) is 6.57. The second-order valence-electron chi connectivity index (χ2n) is 5.42. The molecule has 21 heavy (non-hydrogen) atoms. The highest BCUT2D eigenvalue weighted by Gasteiger charge is 2.39. The summed E-state index contributed by atoms with van der Waals surface area (Å²) >= 11 is 6.78. The molecule has 114 valence electrons. The van der Waals surface area contributed by atoms with Gasteiger partial charge in [0.2, 0.25) is 0 Å². The first-order valence-corrected chi connectivity index (χ1v) is 8.15. The van der Waals surface area contributed by atoms with E-state index in [1.54, 1.807) is 11.8 Å². The lowest BCUT2D eigenvalue weighted by atomic mass is 9.82. The Balaban J connectivity index is 2.12. The molecule has 1 aliphatic heterocycles. The third-order valence-corrected chi connectivity index (χ3v) is 5.02. The fraction of sp³-hybridized carbons (Fsp3) is 0.429. The van der Waals surface area contributed by atoms with E-state index in [1.807, 2.05) is 18.2 Å². The van der Waals surface area contributed by atoms with Crippen LogP contribution in [0.3, 0.4) is 0 Å². The lowest BCUT2D eigenvalue weighted by Crippen LogP contribution is -2.49. The van der Waals surface area contributed by atoms with Crippen molar-refractivity contribution in [3.8, 4) is 0 Å². The molecule has 1 aromatic rings. The van der Waals surface area contributed by atoms with Crippen molar-refractivity contribution >= 4 is 49.5 Å². The number of amides is 2. The molecular weight excluding hydrogens is 404 g/mol. The molecule has 1 unspecified atom stereocenters. The zero-order chi connectivity index (χ0) is 15.6. The number of carboxylic acid groups (broad SMARTS) is 1. The van der Waals surface area contributed by atoms with Gasteiger partial charge in [0.05, 0.1) is 11.1 Å². The van der Waals surface area contributed by atoms with E-state index in [9.17, 15) is 14.7 Å². The van der Waals surface area contributed by atoms with E-state index in [2.05, 4.69) is 37.2 Å². The molecule has 0 spiro atoms. The molecule has 0 saturated carbocycles. The molecule has 0 aromatic heterocycles. The Morgan fingerprint density at radius 1 is 1.33 bits per heavy atom. The molecular formula is C14H16Br2N2O3. The number of aliphatic carboxylic acids is 1. The van der Waals surface area contributed by atoms with Crippen molar-refractivity contribution in [1.82, 2.24) is 4.90 Å². The maximum absolute atomic E-state index is 12.4. The second kappa shape index (κ2) is 6.36. The predicted molar refractivity (Wildman–Crippen MR) is 87.4 cm³/mol. The average Bonchev–Trinajstić information content (AvgIpc) is 2.43. The highest BCUT2D eigenvalue weighted by molar-refractivity contribution is 9.11. The fourth-order valence-electron chi connectivity index (χ4n) is 2.39. The monoisotopic (exact) mass is 418 g/mol. The van der Waals surface area contributed by atoms with Crippen molar-refractivity contribution in [3.05, 3.63) is 27.1 Å². The van der Waals surface area contributed by atoms with Gasteiger partial charge in [-0.05, 0) is 63.8 Å². The van der Waals surface area contributed by atoms with Gasteiger partial charge in [-0.25, -0.2) is 4.79 Å². The summed E-state index contributed by atoms with van der Waals surface area (Å²) < 4.78 is 1.53. The molecule has 1 aliphatic rings. The fourth-order valence-corrected chi connectivity index (χ4v) is 3.59. The van der Waals surface area contributed by atoms with E-state index in [1.165, 1.54) is 0 Å². The average molecular weight is 420 g/mol. The quantitative estimate of drug-likeness (QED) is 0.762. The van der Waals surface area contributed by atoms with E-state index >= 15 is 0 Å². The van der Waals surface area contributed by atoms with Crippen LogP contribution in [0.4, 0.5) is 10.5 Å². The maximum atomic E-state index is 12.4. The summed E-state index contributed by atoms with van der Waals surface area (Å²) in [5.74, 6) is -0.859. The van der Waals surface area contributed by atoms with Gasteiger partial charge in [-0.1, -0.05) is 6.07 Å². The number of urea groups is 1. The summed E-state index contributed by atoms with van der Waals surface area (Å²) in [5, 5.41) is 12.1. The number of carbonyl (C=O) groups excluding carboxylic acids is 1. The maximum Gasteiger partial charge on any atom is 0.321 e. The second-order valence-corrected chi connectivity index (χ2v) is 7.13. The van der Waals surface area contributed by atoms with Gasteiger partial charge in [0.1, 0.15) is 0 Å². The Hall–Kier alpha value is -1.08. The van der Waals surface area contributed by atoms with Crippen molar-refractivity contribution in [3.63, 3.8) is 0 Å². The summed E-state index contributed by atoms with van der Waals surface area (Å²) in [6, 6.07) is 5.23. The Morgan fingerprint density at radius 2 is 1.95 bits per heavy atom. The predicted octanol–water partition coefficient (Wildman–Crippen LogP) is 3.93. The van der Waals surface area contributed by atoms with Gasteiger partial charge in [0.15, 0.2) is 0 Å².